The Bertz CT molecular complexity index is 2080. The summed E-state index contributed by atoms with van der Waals surface area (Å²) in [6, 6.07) is 20.0. The second-order valence-corrected chi connectivity index (χ2v) is 15.6. The first kappa shape index (κ1) is 38.7. The minimum absolute atomic E-state index is 0.0264. The number of amides is 1. The van der Waals surface area contributed by atoms with Crippen LogP contribution in [0.3, 0.4) is 0 Å². The standard InChI is InChI=1S/C42H49F2N5O5/c1-27(50)37(22-28-13-14-29-9-6-7-10-30(29)21-28)47-19-20-49(32(24-47)11-8-12-40(52)54-42(2,3)4)41(53)35-26-48(38-17-18-39(51)46(5)45-38)25-34(35)33-16-15-31(43)23-36(33)44/h6-7,9-10,13-18,21,23,32,34-35,37H,8,11-12,19-20,22,24-26H2,1-5H3/t32-,34-,35+,37-/m0/s1. The number of aryl methyl sites for hydroxylation is 1. The molecule has 0 bridgehead atoms. The van der Waals surface area contributed by atoms with Crippen LogP contribution in [0.25, 0.3) is 10.8 Å². The molecule has 286 valence electrons. The first-order valence-corrected chi connectivity index (χ1v) is 18.7. The number of hydrogen-bond acceptors (Lipinski definition) is 8. The molecule has 0 aliphatic carbocycles. The smallest absolute Gasteiger partial charge is 0.306 e. The van der Waals surface area contributed by atoms with E-state index in [1.165, 1.54) is 29.9 Å². The Hall–Kier alpha value is -4.97. The zero-order valence-corrected chi connectivity index (χ0v) is 31.6. The van der Waals surface area contributed by atoms with Crippen molar-refractivity contribution in [1.29, 1.82) is 0 Å². The molecule has 0 unspecified atom stereocenters. The first-order valence-electron chi connectivity index (χ1n) is 18.7. The van der Waals surface area contributed by atoms with Crippen LogP contribution in [0.1, 0.15) is 64.0 Å². The number of fused-ring (bicyclic) bond motifs is 1. The summed E-state index contributed by atoms with van der Waals surface area (Å²) < 4.78 is 36.2. The van der Waals surface area contributed by atoms with Crippen LogP contribution in [0, 0.1) is 17.6 Å². The van der Waals surface area contributed by atoms with Gasteiger partial charge in [-0.1, -0.05) is 48.5 Å². The molecule has 4 aromatic rings. The normalized spacial score (nSPS) is 19.9. The molecule has 2 aliphatic rings. The van der Waals surface area contributed by atoms with Crippen LogP contribution in [0.15, 0.2) is 77.6 Å². The maximum Gasteiger partial charge on any atom is 0.306 e. The number of nitrogens with zero attached hydrogens (tertiary/aromatic N) is 5. The largest absolute Gasteiger partial charge is 0.460 e. The van der Waals surface area contributed by atoms with Crippen molar-refractivity contribution in [3.8, 4) is 0 Å². The molecule has 2 aliphatic heterocycles. The molecule has 0 radical (unpaired) electrons. The van der Waals surface area contributed by atoms with Gasteiger partial charge in [0, 0.05) is 70.3 Å². The Morgan fingerprint density at radius 2 is 1.69 bits per heavy atom. The zero-order valence-electron chi connectivity index (χ0n) is 31.6. The maximum absolute atomic E-state index is 15.4. The highest BCUT2D eigenvalue weighted by atomic mass is 19.1. The number of carbonyl (C=O) groups excluding carboxylic acids is 3. The van der Waals surface area contributed by atoms with E-state index in [1.807, 2.05) is 42.7 Å². The van der Waals surface area contributed by atoms with Gasteiger partial charge in [-0.3, -0.25) is 24.1 Å². The SMILES string of the molecule is CC(=O)[C@H](Cc1ccc2ccccc2c1)N1CCN(C(=O)[C@@H]2CN(c3ccc(=O)n(C)n3)C[C@H]2c2ccc(F)cc2F)[C@@H](CCCC(=O)OC(C)(C)C)C1. The summed E-state index contributed by atoms with van der Waals surface area (Å²) in [4.78, 5) is 58.8. The van der Waals surface area contributed by atoms with E-state index in [4.69, 9.17) is 4.74 Å². The van der Waals surface area contributed by atoms with Crippen LogP contribution in [0.5, 0.6) is 0 Å². The molecule has 2 fully saturated rings. The van der Waals surface area contributed by atoms with Crippen molar-refractivity contribution >= 4 is 34.3 Å². The van der Waals surface area contributed by atoms with Crippen molar-refractivity contribution in [3.05, 3.63) is 106 Å². The van der Waals surface area contributed by atoms with Crippen molar-refractivity contribution in [2.24, 2.45) is 13.0 Å². The van der Waals surface area contributed by atoms with E-state index in [1.54, 1.807) is 13.0 Å². The molecule has 3 aromatic carbocycles. The van der Waals surface area contributed by atoms with Gasteiger partial charge in [0.1, 0.15) is 28.8 Å². The van der Waals surface area contributed by atoms with E-state index in [-0.39, 0.29) is 54.3 Å². The lowest BCUT2D eigenvalue weighted by molar-refractivity contribution is -0.155. The predicted molar refractivity (Wildman–Crippen MR) is 203 cm³/mol. The number of piperazine rings is 1. The van der Waals surface area contributed by atoms with Gasteiger partial charge < -0.3 is 14.5 Å². The van der Waals surface area contributed by atoms with Gasteiger partial charge in [0.05, 0.1) is 12.0 Å². The number of esters is 1. The molecule has 1 aromatic heterocycles. The molecule has 4 atom stereocenters. The van der Waals surface area contributed by atoms with Crippen LogP contribution in [0.4, 0.5) is 14.6 Å². The van der Waals surface area contributed by atoms with Crippen LogP contribution in [0.2, 0.25) is 0 Å². The van der Waals surface area contributed by atoms with Crippen molar-refractivity contribution in [2.75, 3.05) is 37.6 Å². The number of Topliss-reactive ketones (excluding diaryl/α,β-unsaturated/α-hetero) is 1. The number of anilines is 1. The second kappa shape index (κ2) is 16.2. The highest BCUT2D eigenvalue weighted by molar-refractivity contribution is 5.85. The molecular weight excluding hydrogens is 692 g/mol. The molecule has 0 spiro atoms. The van der Waals surface area contributed by atoms with Crippen LogP contribution < -0.4 is 10.5 Å². The van der Waals surface area contributed by atoms with Crippen molar-refractivity contribution in [1.82, 2.24) is 19.6 Å². The number of hydrogen-bond donors (Lipinski definition) is 0. The molecule has 54 heavy (non-hydrogen) atoms. The highest BCUT2D eigenvalue weighted by Gasteiger charge is 2.45. The lowest BCUT2D eigenvalue weighted by Gasteiger charge is -2.45. The third kappa shape index (κ3) is 9.03. The number of benzene rings is 3. The topological polar surface area (TPSA) is 105 Å². The third-order valence-corrected chi connectivity index (χ3v) is 10.6. The summed E-state index contributed by atoms with van der Waals surface area (Å²) in [5.74, 6) is -2.81. The van der Waals surface area contributed by atoms with Gasteiger partial charge in [-0.15, -0.1) is 0 Å². The van der Waals surface area contributed by atoms with Gasteiger partial charge in [0.25, 0.3) is 5.56 Å². The maximum atomic E-state index is 15.4. The molecular formula is C42H49F2N5O5. The lowest BCUT2D eigenvalue weighted by atomic mass is 9.86. The van der Waals surface area contributed by atoms with Gasteiger partial charge in [-0.2, -0.15) is 5.10 Å². The molecule has 0 N–H and O–H groups in total. The van der Waals surface area contributed by atoms with Gasteiger partial charge in [0.15, 0.2) is 0 Å². The summed E-state index contributed by atoms with van der Waals surface area (Å²) in [7, 11) is 1.54. The fourth-order valence-corrected chi connectivity index (χ4v) is 7.92. The minimum Gasteiger partial charge on any atom is -0.460 e. The Balaban J connectivity index is 1.28. The van der Waals surface area contributed by atoms with Gasteiger partial charge in [-0.05, 0) is 81.0 Å². The Morgan fingerprint density at radius 1 is 0.926 bits per heavy atom. The first-order chi connectivity index (χ1) is 25.7. The van der Waals surface area contributed by atoms with Crippen molar-refractivity contribution < 1.29 is 27.9 Å². The van der Waals surface area contributed by atoms with E-state index >= 15 is 4.39 Å². The number of rotatable bonds is 11. The molecule has 10 nitrogen and oxygen atoms in total. The zero-order chi connectivity index (χ0) is 38.7. The molecule has 6 rings (SSSR count). The average molecular weight is 742 g/mol. The van der Waals surface area contributed by atoms with Crippen molar-refractivity contribution in [2.45, 2.75) is 77.0 Å². The monoisotopic (exact) mass is 741 g/mol. The predicted octanol–water partition coefficient (Wildman–Crippen LogP) is 5.66. The van der Waals surface area contributed by atoms with Gasteiger partial charge in [-0.25, -0.2) is 13.5 Å². The molecule has 2 saturated heterocycles. The van der Waals surface area contributed by atoms with Gasteiger partial charge in [0.2, 0.25) is 5.91 Å². The Morgan fingerprint density at radius 3 is 2.39 bits per heavy atom. The summed E-state index contributed by atoms with van der Waals surface area (Å²) in [6.45, 7) is 8.66. The molecule has 0 saturated carbocycles. The Kier molecular flexibility index (Phi) is 11.6. The van der Waals surface area contributed by atoms with E-state index in [2.05, 4.69) is 40.3 Å². The van der Waals surface area contributed by atoms with Crippen molar-refractivity contribution in [3.63, 3.8) is 0 Å². The second-order valence-electron chi connectivity index (χ2n) is 15.6. The van der Waals surface area contributed by atoms with E-state index in [0.717, 1.165) is 22.4 Å². The third-order valence-electron chi connectivity index (χ3n) is 10.6. The number of ketones is 1. The average Bonchev–Trinajstić information content (AvgIpc) is 3.55. The van der Waals surface area contributed by atoms with E-state index in [0.29, 0.717) is 44.7 Å². The lowest BCUT2D eigenvalue weighted by Crippen LogP contribution is -2.60. The van der Waals surface area contributed by atoms with E-state index in [9.17, 15) is 23.6 Å². The minimum atomic E-state index is -0.732. The summed E-state index contributed by atoms with van der Waals surface area (Å²) >= 11 is 0. The molecule has 12 heteroatoms. The summed E-state index contributed by atoms with van der Waals surface area (Å²) in [6.07, 6.45) is 1.62. The molecule has 3 heterocycles. The summed E-state index contributed by atoms with van der Waals surface area (Å²) in [5, 5.41) is 6.60. The van der Waals surface area contributed by atoms with Crippen LogP contribution in [-0.2, 0) is 32.6 Å². The van der Waals surface area contributed by atoms with E-state index < -0.39 is 35.1 Å². The van der Waals surface area contributed by atoms with Crippen LogP contribution >= 0.6 is 0 Å². The Labute approximate surface area is 314 Å². The highest BCUT2D eigenvalue weighted by Crippen LogP contribution is 2.38. The molecule has 1 amide bonds. The number of aromatic nitrogens is 2. The number of halogens is 2. The van der Waals surface area contributed by atoms with Crippen LogP contribution in [-0.4, -0.2) is 87.6 Å². The van der Waals surface area contributed by atoms with Gasteiger partial charge >= 0.3 is 5.97 Å². The fourth-order valence-electron chi connectivity index (χ4n) is 7.92. The number of ether oxygens (including phenoxy) is 1. The number of carbonyl (C=O) groups is 3. The quantitative estimate of drug-likeness (QED) is 0.182. The summed E-state index contributed by atoms with van der Waals surface area (Å²) in [5.41, 5.74) is 0.352. The fraction of sp³-hybridized carbons (Fsp3) is 0.452.